The number of urea groups is 1. The van der Waals surface area contributed by atoms with Crippen molar-refractivity contribution in [1.82, 2.24) is 15.5 Å². The lowest BCUT2D eigenvalue weighted by atomic mass is 10.2. The average Bonchev–Trinajstić information content (AvgIpc) is 2.94. The molecule has 1 aromatic rings. The lowest BCUT2D eigenvalue weighted by Gasteiger charge is -2.19. The monoisotopic (exact) mass is 305 g/mol. The van der Waals surface area contributed by atoms with Gasteiger partial charge in [-0.05, 0) is 24.9 Å². The Morgan fingerprint density at radius 2 is 1.95 bits per heavy atom. The normalized spacial score (nSPS) is 17.9. The summed E-state index contributed by atoms with van der Waals surface area (Å²) in [5.41, 5.74) is 0.926. The Labute approximate surface area is 128 Å². The number of carbonyl (C=O) groups is 3. The quantitative estimate of drug-likeness (QED) is 0.738. The molecule has 118 valence electrons. The molecule has 0 bridgehead atoms. The fourth-order valence-electron chi connectivity index (χ4n) is 2.47. The van der Waals surface area contributed by atoms with E-state index in [4.69, 9.17) is 5.11 Å². The highest BCUT2D eigenvalue weighted by molar-refractivity contribution is 5.95. The van der Waals surface area contributed by atoms with Crippen LogP contribution in [0.3, 0.4) is 0 Å². The van der Waals surface area contributed by atoms with Crippen molar-refractivity contribution in [2.24, 2.45) is 0 Å². The lowest BCUT2D eigenvalue weighted by molar-refractivity contribution is -0.142. The first-order chi connectivity index (χ1) is 10.6. The Kier molecular flexibility index (Phi) is 5.48. The molecule has 1 atom stereocenters. The number of hydrogen-bond donors (Lipinski definition) is 3. The highest BCUT2D eigenvalue weighted by Gasteiger charge is 2.31. The van der Waals surface area contributed by atoms with Crippen LogP contribution >= 0.6 is 0 Å². The molecule has 22 heavy (non-hydrogen) atoms. The second kappa shape index (κ2) is 7.56. The molecule has 0 saturated carbocycles. The van der Waals surface area contributed by atoms with Crippen molar-refractivity contribution < 1.29 is 19.5 Å². The second-order valence-corrected chi connectivity index (χ2v) is 5.18. The number of carboxylic acid groups (broad SMARTS) is 1. The third-order valence-corrected chi connectivity index (χ3v) is 3.54. The zero-order chi connectivity index (χ0) is 15.9. The zero-order valence-corrected chi connectivity index (χ0v) is 12.1. The molecule has 2 rings (SSSR count). The number of nitrogens with zero attached hydrogens (tertiary/aromatic N) is 1. The largest absolute Gasteiger partial charge is 0.480 e. The fourth-order valence-corrected chi connectivity index (χ4v) is 2.47. The number of carboxylic acids is 1. The number of likely N-dealkylation sites (tertiary alicyclic amines) is 1. The van der Waals surface area contributed by atoms with Gasteiger partial charge in [-0.2, -0.15) is 0 Å². The van der Waals surface area contributed by atoms with Crippen molar-refractivity contribution in [2.45, 2.75) is 25.4 Å². The first kappa shape index (κ1) is 16.0. The van der Waals surface area contributed by atoms with Crippen LogP contribution in [0.4, 0.5) is 4.79 Å². The van der Waals surface area contributed by atoms with Crippen LogP contribution in [0, 0.1) is 0 Å². The third kappa shape index (κ3) is 4.56. The molecule has 7 heteroatoms. The molecule has 1 aromatic carbocycles. The molecule has 1 heterocycles. The van der Waals surface area contributed by atoms with Gasteiger partial charge in [-0.15, -0.1) is 0 Å². The van der Waals surface area contributed by atoms with Gasteiger partial charge in [-0.25, -0.2) is 4.79 Å². The van der Waals surface area contributed by atoms with E-state index >= 15 is 0 Å². The second-order valence-electron chi connectivity index (χ2n) is 5.18. The van der Waals surface area contributed by atoms with E-state index < -0.39 is 23.9 Å². The molecule has 0 spiro atoms. The van der Waals surface area contributed by atoms with Gasteiger partial charge in [-0.3, -0.25) is 19.8 Å². The molecular formula is C15H19N3O4. The van der Waals surface area contributed by atoms with Crippen molar-refractivity contribution in [1.29, 1.82) is 0 Å². The van der Waals surface area contributed by atoms with Gasteiger partial charge in [0.15, 0.2) is 0 Å². The molecular weight excluding hydrogens is 286 g/mol. The molecule has 0 radical (unpaired) electrons. The molecule has 0 aromatic heterocycles. The third-order valence-electron chi connectivity index (χ3n) is 3.54. The summed E-state index contributed by atoms with van der Waals surface area (Å²) in [5, 5.41) is 13.8. The Morgan fingerprint density at radius 3 is 2.64 bits per heavy atom. The van der Waals surface area contributed by atoms with E-state index in [1.54, 1.807) is 4.90 Å². The van der Waals surface area contributed by atoms with Gasteiger partial charge in [-0.1, -0.05) is 30.3 Å². The molecule has 1 saturated heterocycles. The van der Waals surface area contributed by atoms with E-state index in [2.05, 4.69) is 10.6 Å². The van der Waals surface area contributed by atoms with Gasteiger partial charge >= 0.3 is 12.0 Å². The first-order valence-electron chi connectivity index (χ1n) is 7.14. The molecule has 0 aliphatic carbocycles. The van der Waals surface area contributed by atoms with Crippen LogP contribution in [0.1, 0.15) is 18.4 Å². The van der Waals surface area contributed by atoms with E-state index in [-0.39, 0.29) is 6.54 Å². The van der Waals surface area contributed by atoms with Gasteiger partial charge in [0.25, 0.3) is 0 Å². The van der Waals surface area contributed by atoms with E-state index in [1.165, 1.54) is 0 Å². The van der Waals surface area contributed by atoms with Crippen molar-refractivity contribution in [2.75, 3.05) is 13.1 Å². The van der Waals surface area contributed by atoms with Crippen LogP contribution in [0.15, 0.2) is 30.3 Å². The zero-order valence-electron chi connectivity index (χ0n) is 12.1. The topological polar surface area (TPSA) is 98.7 Å². The van der Waals surface area contributed by atoms with Gasteiger partial charge in [0.1, 0.15) is 6.04 Å². The number of carbonyl (C=O) groups excluding carboxylic acids is 2. The first-order valence-corrected chi connectivity index (χ1v) is 7.14. The summed E-state index contributed by atoms with van der Waals surface area (Å²) in [5.74, 6) is -1.43. The highest BCUT2D eigenvalue weighted by atomic mass is 16.4. The number of benzene rings is 1. The van der Waals surface area contributed by atoms with Crippen molar-refractivity contribution in [3.05, 3.63) is 35.9 Å². The van der Waals surface area contributed by atoms with Gasteiger partial charge in [0, 0.05) is 6.54 Å². The number of hydrogen-bond acceptors (Lipinski definition) is 4. The minimum atomic E-state index is -0.932. The number of nitrogens with one attached hydrogen (secondary N) is 2. The van der Waals surface area contributed by atoms with E-state index in [0.717, 1.165) is 12.0 Å². The lowest BCUT2D eigenvalue weighted by Crippen LogP contribution is -2.46. The molecule has 3 N–H and O–H groups in total. The molecule has 1 aliphatic heterocycles. The highest BCUT2D eigenvalue weighted by Crippen LogP contribution is 2.16. The predicted molar refractivity (Wildman–Crippen MR) is 79.1 cm³/mol. The van der Waals surface area contributed by atoms with Gasteiger partial charge in [0.05, 0.1) is 6.54 Å². The minimum absolute atomic E-state index is 0.0876. The summed E-state index contributed by atoms with van der Waals surface area (Å²) in [6, 6.07) is 8.10. The maximum absolute atomic E-state index is 11.8. The van der Waals surface area contributed by atoms with Crippen molar-refractivity contribution in [3.8, 4) is 0 Å². The van der Waals surface area contributed by atoms with E-state index in [1.807, 2.05) is 30.3 Å². The van der Waals surface area contributed by atoms with Crippen molar-refractivity contribution >= 4 is 17.9 Å². The van der Waals surface area contributed by atoms with Crippen LogP contribution < -0.4 is 10.6 Å². The number of aliphatic carboxylic acids is 1. The molecule has 1 aliphatic rings. The fraction of sp³-hybridized carbons (Fsp3) is 0.400. The summed E-state index contributed by atoms with van der Waals surface area (Å²) < 4.78 is 0. The number of rotatable bonds is 5. The summed E-state index contributed by atoms with van der Waals surface area (Å²) in [6.45, 7) is 0.785. The van der Waals surface area contributed by atoms with Crippen LogP contribution in [-0.4, -0.2) is 47.0 Å². The Bertz CT molecular complexity index is 547. The number of amides is 3. The maximum atomic E-state index is 11.8. The molecule has 3 amide bonds. The predicted octanol–water partition coefficient (Wildman–Crippen LogP) is 0.561. The van der Waals surface area contributed by atoms with Crippen LogP contribution in [-0.2, 0) is 16.1 Å². The van der Waals surface area contributed by atoms with E-state index in [0.29, 0.717) is 19.5 Å². The standard InChI is InChI=1S/C15H19N3O4/c19-13(10-18-8-4-7-12(18)14(20)21)17-15(22)16-9-11-5-2-1-3-6-11/h1-3,5-6,12H,4,7-10H2,(H,20,21)(H2,16,17,19,22)/t12-/m0/s1. The maximum Gasteiger partial charge on any atom is 0.321 e. The summed E-state index contributed by atoms with van der Waals surface area (Å²) in [4.78, 5) is 36.0. The average molecular weight is 305 g/mol. The Hall–Kier alpha value is -2.41. The number of imide groups is 1. The van der Waals surface area contributed by atoms with Crippen LogP contribution in [0.2, 0.25) is 0 Å². The van der Waals surface area contributed by atoms with E-state index in [9.17, 15) is 14.4 Å². The molecule has 0 unspecified atom stereocenters. The smallest absolute Gasteiger partial charge is 0.321 e. The summed E-state index contributed by atoms with van der Waals surface area (Å²) in [7, 11) is 0. The Balaban J connectivity index is 1.74. The molecule has 1 fully saturated rings. The Morgan fingerprint density at radius 1 is 1.23 bits per heavy atom. The summed E-state index contributed by atoms with van der Waals surface area (Å²) >= 11 is 0. The van der Waals surface area contributed by atoms with Crippen LogP contribution in [0.25, 0.3) is 0 Å². The van der Waals surface area contributed by atoms with Gasteiger partial charge in [0.2, 0.25) is 5.91 Å². The SMILES string of the molecule is O=C(CN1CCC[C@H]1C(=O)O)NC(=O)NCc1ccccc1. The van der Waals surface area contributed by atoms with Crippen molar-refractivity contribution in [3.63, 3.8) is 0 Å². The minimum Gasteiger partial charge on any atom is -0.480 e. The van der Waals surface area contributed by atoms with Crippen LogP contribution in [0.5, 0.6) is 0 Å². The summed E-state index contributed by atoms with van der Waals surface area (Å²) in [6.07, 6.45) is 1.27. The van der Waals surface area contributed by atoms with Gasteiger partial charge < -0.3 is 10.4 Å². The molecule has 7 nitrogen and oxygen atoms in total.